The summed E-state index contributed by atoms with van der Waals surface area (Å²) < 4.78 is 0. The number of hydrogen-bond donors (Lipinski definition) is 0. The van der Waals surface area contributed by atoms with E-state index in [4.69, 9.17) is 0 Å². The molecule has 0 fully saturated rings. The molecule has 143 heavy (non-hydrogen) atoms. The Labute approximate surface area is 829 Å². The highest BCUT2D eigenvalue weighted by Gasteiger charge is 2.40. The van der Waals surface area contributed by atoms with Gasteiger partial charge in [0, 0.05) is 83.5 Å². The van der Waals surface area contributed by atoms with Crippen LogP contribution in [0.25, 0.3) is 210 Å². The molecule has 0 N–H and O–H groups in total. The number of fused-ring (bicyclic) bond motifs is 34. The molecule has 3 aliphatic carbocycles. The Kier molecular flexibility index (Phi) is 17.8. The van der Waals surface area contributed by atoms with Crippen molar-refractivity contribution in [3.63, 3.8) is 0 Å². The summed E-state index contributed by atoms with van der Waals surface area (Å²) in [6.07, 6.45) is 0. The molecule has 5 nitrogen and oxygen atoms in total. The van der Waals surface area contributed by atoms with E-state index >= 15 is 0 Å². The SMILES string of the molecule is c1ccc2c(c1)-c1ccccc1N(c1ccc(N3c4ccccc4-c4ccccc4-c4ccccc43)c3c1-c1cccc4cccc-3c14)c1ccccc1-2.c1ccc2c(c1)-c1ccccc1N(c1ccc3c(c1)-c1cc(N4c5ccccc5-c5ccccc5-c5ccccc54)cc4cccc-3c14)c1ccccc1-2.c1ccc2c(c1)-c1ccccc1N(c1ccc3c4c(cccc14)-c1ccccc1-3)c1ccccc1-2. The highest BCUT2D eigenvalue weighted by molar-refractivity contribution is 6.26. The van der Waals surface area contributed by atoms with Gasteiger partial charge < -0.3 is 24.5 Å². The second kappa shape index (κ2) is 31.8. The molecule has 5 aliphatic heterocycles. The smallest absolute Gasteiger partial charge is 0.0548 e. The molecule has 662 valence electrons. The van der Waals surface area contributed by atoms with Crippen LogP contribution >= 0.6 is 0 Å². The van der Waals surface area contributed by atoms with Gasteiger partial charge in [0.05, 0.1) is 73.9 Å². The maximum atomic E-state index is 2.53. The van der Waals surface area contributed by atoms with Crippen LogP contribution in [0.2, 0.25) is 0 Å². The predicted octanol–water partition coefficient (Wildman–Crippen LogP) is 39.0. The van der Waals surface area contributed by atoms with Gasteiger partial charge in [0.1, 0.15) is 0 Å². The van der Waals surface area contributed by atoms with Gasteiger partial charge in [0.25, 0.3) is 0 Å². The van der Waals surface area contributed by atoms with Gasteiger partial charge in [-0.1, -0.05) is 413 Å². The average Bonchev–Trinajstić information content (AvgIpc) is 1.54. The molecule has 0 spiro atoms. The number of anilines is 15. The van der Waals surface area contributed by atoms with E-state index in [0.717, 1.165) is 11.4 Å². The minimum atomic E-state index is 1.15. The first-order valence-corrected chi connectivity index (χ1v) is 49.5. The molecule has 24 aromatic rings. The lowest BCUT2D eigenvalue weighted by atomic mass is 9.95. The van der Waals surface area contributed by atoms with Crippen LogP contribution in [0.4, 0.5) is 85.3 Å². The van der Waals surface area contributed by atoms with Crippen molar-refractivity contribution in [2.75, 3.05) is 24.5 Å². The summed E-state index contributed by atoms with van der Waals surface area (Å²) >= 11 is 0. The first-order valence-electron chi connectivity index (χ1n) is 49.5. The molecule has 8 aliphatic rings. The molecule has 24 aromatic carbocycles. The van der Waals surface area contributed by atoms with Gasteiger partial charge in [-0.2, -0.15) is 0 Å². The van der Waals surface area contributed by atoms with Crippen molar-refractivity contribution < 1.29 is 0 Å². The number of rotatable bonds is 5. The first kappa shape index (κ1) is 80.2. The fourth-order valence-electron chi connectivity index (χ4n) is 25.1. The zero-order valence-corrected chi connectivity index (χ0v) is 77.8. The molecule has 0 bridgehead atoms. The van der Waals surface area contributed by atoms with Crippen molar-refractivity contribution in [2.24, 2.45) is 0 Å². The lowest BCUT2D eigenvalue weighted by Crippen LogP contribution is -2.15. The van der Waals surface area contributed by atoms with Gasteiger partial charge in [-0.3, -0.25) is 0 Å². The van der Waals surface area contributed by atoms with Crippen LogP contribution < -0.4 is 24.5 Å². The summed E-state index contributed by atoms with van der Waals surface area (Å²) in [5.41, 5.74) is 58.1. The zero-order valence-electron chi connectivity index (χ0n) is 77.8. The zero-order chi connectivity index (χ0) is 93.6. The van der Waals surface area contributed by atoms with E-state index in [-0.39, 0.29) is 0 Å². The number of para-hydroxylation sites is 10. The molecule has 0 unspecified atom stereocenters. The van der Waals surface area contributed by atoms with Crippen molar-refractivity contribution >= 4 is 118 Å². The second-order valence-corrected chi connectivity index (χ2v) is 38.2. The summed E-state index contributed by atoms with van der Waals surface area (Å²) in [6.45, 7) is 0. The standard InChI is InChI=1S/2C52H32N2.C34H21N/c1-2-18-35-34(17-1)38-21-5-9-27-44(38)53(45-28-10-6-22-39(35)45)48-31-32-49(52-43-26-14-16-33-15-13-25-42(50(33)43)51(48)52)54-46-29-11-7-23-40(46)36-19-3-4-20-37(36)41-24-8-12-30-47(41)54;1-2-16-37-36(15-1)41-19-5-9-24-48(41)53(49-25-10-6-20-42(37)49)34-28-29-40-45-23-13-14-33-30-35(32-47(52(33)45)46(40)31-34)54-50-26-11-7-21-43(50)38-17-3-4-18-39(38)44-22-8-12-27-51(44)54;1-2-11-23-22(10-1)26-14-5-7-18-31(26)35(32-19-8-6-15-27(23)32)33-21-20-29-25-13-4-3-12-24(25)28-16-9-17-30(33)34(28)29/h2*1-32H;1-21H. The van der Waals surface area contributed by atoms with E-state index in [1.54, 1.807) is 0 Å². The third-order valence-electron chi connectivity index (χ3n) is 30.9. The monoisotopic (exact) mass is 1810 g/mol. The van der Waals surface area contributed by atoms with Gasteiger partial charge in [0.2, 0.25) is 0 Å². The van der Waals surface area contributed by atoms with Crippen LogP contribution in [0, 0.1) is 0 Å². The molecule has 0 aromatic heterocycles. The summed E-state index contributed by atoms with van der Waals surface area (Å²) in [6, 6.07) is 190. The minimum absolute atomic E-state index is 1.15. The molecular weight excluding hydrogens is 1730 g/mol. The maximum absolute atomic E-state index is 2.53. The van der Waals surface area contributed by atoms with Crippen molar-refractivity contribution in [3.05, 3.63) is 516 Å². The number of benzene rings is 24. The Morgan fingerprint density at radius 2 is 0.308 bits per heavy atom. The molecule has 0 radical (unpaired) electrons. The normalized spacial score (nSPS) is 12.7. The summed E-state index contributed by atoms with van der Waals surface area (Å²) in [5, 5.41) is 7.76. The second-order valence-electron chi connectivity index (χ2n) is 38.2. The molecule has 0 atom stereocenters. The van der Waals surface area contributed by atoms with Crippen LogP contribution in [-0.2, 0) is 0 Å². The molecule has 0 amide bonds. The van der Waals surface area contributed by atoms with E-state index in [1.807, 2.05) is 0 Å². The molecule has 0 saturated carbocycles. The van der Waals surface area contributed by atoms with Gasteiger partial charge in [-0.25, -0.2) is 0 Å². The molecular formula is C138H85N5. The Hall–Kier alpha value is -18.9. The Morgan fingerprint density at radius 3 is 0.636 bits per heavy atom. The predicted molar refractivity (Wildman–Crippen MR) is 601 cm³/mol. The summed E-state index contributed by atoms with van der Waals surface area (Å²) in [7, 11) is 0. The van der Waals surface area contributed by atoms with Crippen LogP contribution in [0.5, 0.6) is 0 Å². The highest BCUT2D eigenvalue weighted by atomic mass is 15.2. The van der Waals surface area contributed by atoms with Crippen molar-refractivity contribution in [3.8, 4) is 178 Å². The van der Waals surface area contributed by atoms with E-state index in [1.165, 1.54) is 284 Å². The lowest BCUT2D eigenvalue weighted by molar-refractivity contribution is 1.27. The topological polar surface area (TPSA) is 16.2 Å². The fraction of sp³-hybridized carbons (Fsp3) is 0. The maximum Gasteiger partial charge on any atom is 0.0548 e. The third-order valence-corrected chi connectivity index (χ3v) is 30.9. The van der Waals surface area contributed by atoms with Crippen molar-refractivity contribution in [1.82, 2.24) is 0 Å². The highest BCUT2D eigenvalue weighted by Crippen LogP contribution is 2.65. The van der Waals surface area contributed by atoms with E-state index < -0.39 is 0 Å². The van der Waals surface area contributed by atoms with Crippen LogP contribution in [0.15, 0.2) is 516 Å². The molecule has 32 rings (SSSR count). The van der Waals surface area contributed by atoms with E-state index in [0.29, 0.717) is 0 Å². The fourth-order valence-corrected chi connectivity index (χ4v) is 25.1. The summed E-state index contributed by atoms with van der Waals surface area (Å²) in [4.78, 5) is 12.5. The van der Waals surface area contributed by atoms with E-state index in [2.05, 4.69) is 540 Å². The first-order chi connectivity index (χ1) is 71.1. The quantitative estimate of drug-likeness (QED) is 0.170. The minimum Gasteiger partial charge on any atom is -0.309 e. The van der Waals surface area contributed by atoms with Crippen molar-refractivity contribution in [2.45, 2.75) is 0 Å². The molecule has 5 heteroatoms. The van der Waals surface area contributed by atoms with Gasteiger partial charge in [-0.05, 0) is 241 Å². The number of hydrogen-bond acceptors (Lipinski definition) is 5. The Bertz CT molecular complexity index is 9000. The van der Waals surface area contributed by atoms with Gasteiger partial charge in [0.15, 0.2) is 0 Å². The molecule has 0 saturated heterocycles. The summed E-state index contributed by atoms with van der Waals surface area (Å²) in [5.74, 6) is 0. The molecule has 5 heterocycles. The van der Waals surface area contributed by atoms with Crippen LogP contribution in [0.3, 0.4) is 0 Å². The van der Waals surface area contributed by atoms with Crippen molar-refractivity contribution in [1.29, 1.82) is 0 Å². The Morgan fingerprint density at radius 1 is 0.0979 bits per heavy atom. The Balaban J connectivity index is 0.000000103. The largest absolute Gasteiger partial charge is 0.309 e. The average molecular weight is 1810 g/mol. The van der Waals surface area contributed by atoms with Crippen LogP contribution in [0.1, 0.15) is 0 Å². The lowest BCUT2D eigenvalue weighted by Gasteiger charge is -2.33. The van der Waals surface area contributed by atoms with Gasteiger partial charge in [-0.15, -0.1) is 0 Å². The van der Waals surface area contributed by atoms with Crippen LogP contribution in [-0.4, -0.2) is 0 Å². The van der Waals surface area contributed by atoms with Gasteiger partial charge >= 0.3 is 0 Å². The third kappa shape index (κ3) is 12.0. The number of nitrogens with zero attached hydrogens (tertiary/aromatic N) is 5. The van der Waals surface area contributed by atoms with E-state index in [9.17, 15) is 0 Å².